The van der Waals surface area contributed by atoms with Crippen LogP contribution >= 0.6 is 0 Å². The van der Waals surface area contributed by atoms with Crippen LogP contribution in [0, 0.1) is 17.1 Å². The fourth-order valence-electron chi connectivity index (χ4n) is 4.90. The number of anilines is 2. The molecular weight excluding hydrogens is 495 g/mol. The maximum Gasteiger partial charge on any atom is 0.322 e. The topological polar surface area (TPSA) is 112 Å². The lowest BCUT2D eigenvalue weighted by molar-refractivity contribution is 0.240. The van der Waals surface area contributed by atoms with Crippen molar-refractivity contribution in [2.75, 3.05) is 10.2 Å². The van der Waals surface area contributed by atoms with Gasteiger partial charge < -0.3 is 10.6 Å². The maximum atomic E-state index is 15.6. The number of hydrogen-bond acceptors (Lipinski definition) is 6. The van der Waals surface area contributed by atoms with Gasteiger partial charge in [-0.05, 0) is 48.9 Å². The summed E-state index contributed by atoms with van der Waals surface area (Å²) in [5, 5.41) is 19.4. The number of rotatable bonds is 7. The minimum Gasteiger partial charge on any atom is -0.351 e. The van der Waals surface area contributed by atoms with E-state index in [1.807, 2.05) is 55.7 Å². The van der Waals surface area contributed by atoms with Gasteiger partial charge in [-0.1, -0.05) is 36.4 Å². The second kappa shape index (κ2) is 11.7. The Bertz CT molecular complexity index is 1460. The number of carbonyl (C=O) groups excluding carboxylic acids is 1. The van der Waals surface area contributed by atoms with Gasteiger partial charge in [0.1, 0.15) is 11.9 Å². The summed E-state index contributed by atoms with van der Waals surface area (Å²) in [5.41, 5.74) is 3.12. The SMILES string of the molecule is Cn1cc(-c2ccc(N(C(=O)NCc3ccccc3)C3CCC(Nc4ncc(C#N)cn4)CC3)c(F)c2)cn1. The molecule has 5 rings (SSSR count). The standard InChI is InChI=1S/C29H29FN8O/c1-37-19-23(18-35-37)22-7-12-27(26(30)13-22)38(29(39)34-15-20-5-3-2-4-6-20)25-10-8-24(9-11-25)36-28-32-16-21(14-31)17-33-28/h2-7,12-13,16-19,24-25H,8-11,15H2,1H3,(H,34,39)(H,32,33,36). The van der Waals surface area contributed by atoms with E-state index in [0.29, 0.717) is 36.5 Å². The number of nitrogens with one attached hydrogen (secondary N) is 2. The van der Waals surface area contributed by atoms with E-state index in [1.165, 1.54) is 18.5 Å². The van der Waals surface area contributed by atoms with E-state index < -0.39 is 5.82 Å². The number of urea groups is 1. The van der Waals surface area contributed by atoms with Gasteiger partial charge in [-0.3, -0.25) is 9.58 Å². The van der Waals surface area contributed by atoms with E-state index in [4.69, 9.17) is 5.26 Å². The smallest absolute Gasteiger partial charge is 0.322 e. The Balaban J connectivity index is 1.33. The molecule has 2 N–H and O–H groups in total. The van der Waals surface area contributed by atoms with E-state index in [2.05, 4.69) is 25.7 Å². The Kier molecular flexibility index (Phi) is 7.78. The average Bonchev–Trinajstić information content (AvgIpc) is 3.41. The van der Waals surface area contributed by atoms with E-state index in [1.54, 1.807) is 21.8 Å². The maximum absolute atomic E-state index is 15.6. The normalized spacial score (nSPS) is 16.7. The zero-order valence-electron chi connectivity index (χ0n) is 21.6. The van der Waals surface area contributed by atoms with Crippen molar-refractivity contribution in [3.63, 3.8) is 0 Å². The van der Waals surface area contributed by atoms with Crippen LogP contribution in [0.1, 0.15) is 36.8 Å². The highest BCUT2D eigenvalue weighted by molar-refractivity contribution is 5.93. The lowest BCUT2D eigenvalue weighted by Gasteiger charge is -2.37. The van der Waals surface area contributed by atoms with Gasteiger partial charge in [-0.15, -0.1) is 0 Å². The molecule has 0 radical (unpaired) electrons. The molecule has 0 unspecified atom stereocenters. The number of nitrogens with zero attached hydrogens (tertiary/aromatic N) is 6. The summed E-state index contributed by atoms with van der Waals surface area (Å²) in [4.78, 5) is 23.5. The second-order valence-electron chi connectivity index (χ2n) is 9.64. The predicted molar refractivity (Wildman–Crippen MR) is 146 cm³/mol. The van der Waals surface area contributed by atoms with Crippen molar-refractivity contribution in [3.05, 3.63) is 90.3 Å². The van der Waals surface area contributed by atoms with Crippen LogP contribution in [0.5, 0.6) is 0 Å². The molecule has 2 aromatic carbocycles. The van der Waals surface area contributed by atoms with Crippen molar-refractivity contribution in [3.8, 4) is 17.2 Å². The number of hydrogen-bond donors (Lipinski definition) is 2. The van der Waals surface area contributed by atoms with Crippen molar-refractivity contribution >= 4 is 17.7 Å². The Morgan fingerprint density at radius 1 is 1.08 bits per heavy atom. The van der Waals surface area contributed by atoms with Crippen LogP contribution in [0.25, 0.3) is 11.1 Å². The Labute approximate surface area is 226 Å². The molecule has 0 spiro atoms. The van der Waals surface area contributed by atoms with Crippen LogP contribution in [-0.2, 0) is 13.6 Å². The van der Waals surface area contributed by atoms with Crippen LogP contribution in [-0.4, -0.2) is 37.9 Å². The summed E-state index contributed by atoms with van der Waals surface area (Å²) < 4.78 is 17.3. The molecule has 4 aromatic rings. The van der Waals surface area contributed by atoms with Gasteiger partial charge in [0.05, 0.1) is 29.8 Å². The summed E-state index contributed by atoms with van der Waals surface area (Å²) >= 11 is 0. The number of aromatic nitrogens is 4. The summed E-state index contributed by atoms with van der Waals surface area (Å²) in [6, 6.07) is 16.2. The van der Waals surface area contributed by atoms with E-state index in [-0.39, 0.29) is 23.8 Å². The van der Waals surface area contributed by atoms with Crippen molar-refractivity contribution in [2.45, 2.75) is 44.3 Å². The third-order valence-corrected chi connectivity index (χ3v) is 6.93. The first-order valence-corrected chi connectivity index (χ1v) is 12.9. The molecule has 39 heavy (non-hydrogen) atoms. The summed E-state index contributed by atoms with van der Waals surface area (Å²) in [6.07, 6.45) is 9.34. The number of benzene rings is 2. The monoisotopic (exact) mass is 524 g/mol. The first-order chi connectivity index (χ1) is 19.0. The van der Waals surface area contributed by atoms with E-state index >= 15 is 4.39 Å². The molecular formula is C29H29FN8O. The minimum absolute atomic E-state index is 0.112. The molecule has 2 amide bonds. The fraction of sp³-hybridized carbons (Fsp3) is 0.276. The molecule has 10 heteroatoms. The van der Waals surface area contributed by atoms with Gasteiger partial charge in [0, 0.05) is 37.4 Å². The van der Waals surface area contributed by atoms with Gasteiger partial charge in [0.25, 0.3) is 0 Å². The van der Waals surface area contributed by atoms with E-state index in [0.717, 1.165) is 24.0 Å². The predicted octanol–water partition coefficient (Wildman–Crippen LogP) is 5.03. The van der Waals surface area contributed by atoms with Crippen LogP contribution < -0.4 is 15.5 Å². The summed E-state index contributed by atoms with van der Waals surface area (Å²) in [5.74, 6) is 0.00407. The van der Waals surface area contributed by atoms with Crippen molar-refractivity contribution in [2.24, 2.45) is 7.05 Å². The fourth-order valence-corrected chi connectivity index (χ4v) is 4.90. The molecule has 0 saturated heterocycles. The largest absolute Gasteiger partial charge is 0.351 e. The molecule has 0 bridgehead atoms. The molecule has 0 atom stereocenters. The summed E-state index contributed by atoms with van der Waals surface area (Å²) in [7, 11) is 1.81. The zero-order valence-corrected chi connectivity index (χ0v) is 21.6. The molecule has 1 aliphatic rings. The van der Waals surface area contributed by atoms with Crippen molar-refractivity contribution in [1.82, 2.24) is 25.1 Å². The highest BCUT2D eigenvalue weighted by atomic mass is 19.1. The van der Waals surface area contributed by atoms with Gasteiger partial charge >= 0.3 is 6.03 Å². The number of amides is 2. The summed E-state index contributed by atoms with van der Waals surface area (Å²) in [6.45, 7) is 0.346. The highest BCUT2D eigenvalue weighted by Crippen LogP contribution is 2.32. The Hall–Kier alpha value is -4.78. The van der Waals surface area contributed by atoms with Crippen LogP contribution in [0.3, 0.4) is 0 Å². The lowest BCUT2D eigenvalue weighted by atomic mass is 9.90. The number of aryl methyl sites for hydroxylation is 1. The lowest BCUT2D eigenvalue weighted by Crippen LogP contribution is -2.49. The first kappa shape index (κ1) is 25.9. The zero-order chi connectivity index (χ0) is 27.2. The molecule has 1 aliphatic carbocycles. The van der Waals surface area contributed by atoms with Crippen molar-refractivity contribution in [1.29, 1.82) is 5.26 Å². The van der Waals surface area contributed by atoms with Crippen LogP contribution in [0.4, 0.5) is 20.8 Å². The first-order valence-electron chi connectivity index (χ1n) is 12.9. The average molecular weight is 525 g/mol. The molecule has 198 valence electrons. The molecule has 1 fully saturated rings. The van der Waals surface area contributed by atoms with Gasteiger partial charge in [0.2, 0.25) is 5.95 Å². The van der Waals surface area contributed by atoms with Crippen LogP contribution in [0.15, 0.2) is 73.3 Å². The molecule has 2 aromatic heterocycles. The Morgan fingerprint density at radius 2 is 1.82 bits per heavy atom. The third-order valence-electron chi connectivity index (χ3n) is 6.93. The number of nitriles is 1. The second-order valence-corrected chi connectivity index (χ2v) is 9.64. The van der Waals surface area contributed by atoms with Crippen LogP contribution in [0.2, 0.25) is 0 Å². The third kappa shape index (κ3) is 6.21. The number of carbonyl (C=O) groups is 1. The van der Waals surface area contributed by atoms with Crippen molar-refractivity contribution < 1.29 is 9.18 Å². The minimum atomic E-state index is -0.461. The van der Waals surface area contributed by atoms with Gasteiger partial charge in [-0.2, -0.15) is 10.4 Å². The van der Waals surface area contributed by atoms with Gasteiger partial charge in [0.15, 0.2) is 0 Å². The van der Waals surface area contributed by atoms with Gasteiger partial charge in [-0.25, -0.2) is 19.2 Å². The molecule has 9 nitrogen and oxygen atoms in total. The molecule has 1 saturated carbocycles. The number of halogens is 1. The quantitative estimate of drug-likeness (QED) is 0.351. The highest BCUT2D eigenvalue weighted by Gasteiger charge is 2.32. The Morgan fingerprint density at radius 3 is 2.46 bits per heavy atom. The van der Waals surface area contributed by atoms with E-state index in [9.17, 15) is 4.79 Å². The molecule has 2 heterocycles. The molecule has 0 aliphatic heterocycles.